The summed E-state index contributed by atoms with van der Waals surface area (Å²) in [4.78, 5) is 0.915. The van der Waals surface area contributed by atoms with Crippen LogP contribution in [0, 0.1) is 41.5 Å². The van der Waals surface area contributed by atoms with Gasteiger partial charge in [-0.15, -0.1) is 0 Å². The minimum absolute atomic E-state index is 0.458. The highest BCUT2D eigenvalue weighted by Crippen LogP contribution is 2.33. The summed E-state index contributed by atoms with van der Waals surface area (Å²) in [5.74, 6) is 0. The van der Waals surface area contributed by atoms with E-state index in [1.807, 2.05) is 65.8 Å². The van der Waals surface area contributed by atoms with E-state index in [1.54, 1.807) is 0 Å². The summed E-state index contributed by atoms with van der Waals surface area (Å²) in [5.41, 5.74) is 5.30. The second-order valence-corrected chi connectivity index (χ2v) is 7.63. The van der Waals surface area contributed by atoms with Crippen molar-refractivity contribution < 1.29 is 8.42 Å². The summed E-state index contributed by atoms with van der Waals surface area (Å²) in [5, 5.41) is 0. The molecule has 0 spiro atoms. The van der Waals surface area contributed by atoms with E-state index in [0.717, 1.165) is 33.4 Å². The zero-order valence-electron chi connectivity index (χ0n) is 13.5. The van der Waals surface area contributed by atoms with Crippen LogP contribution in [-0.4, -0.2) is 8.42 Å². The zero-order valence-corrected chi connectivity index (χ0v) is 14.4. The molecule has 0 amide bonds. The molecular weight excluding hydrogens is 280 g/mol. The number of rotatable bonds is 2. The molecule has 0 saturated carbocycles. The average molecular weight is 302 g/mol. The molecule has 112 valence electrons. The summed E-state index contributed by atoms with van der Waals surface area (Å²) in [7, 11) is -3.51. The summed E-state index contributed by atoms with van der Waals surface area (Å²) in [6.07, 6.45) is 0. The molecule has 2 aromatic rings. The molecule has 0 heterocycles. The lowest BCUT2D eigenvalue weighted by Gasteiger charge is -2.17. The molecule has 0 radical (unpaired) electrons. The summed E-state index contributed by atoms with van der Waals surface area (Å²) in [6, 6.07) is 7.71. The van der Waals surface area contributed by atoms with Crippen LogP contribution in [0.4, 0.5) is 0 Å². The lowest BCUT2D eigenvalue weighted by Crippen LogP contribution is -2.11. The van der Waals surface area contributed by atoms with E-state index in [1.165, 1.54) is 0 Å². The minimum atomic E-state index is -3.51. The van der Waals surface area contributed by atoms with E-state index < -0.39 is 9.84 Å². The number of aryl methyl sites for hydroxylation is 4. The Bertz CT molecular complexity index is 752. The Kier molecular flexibility index (Phi) is 3.98. The second-order valence-electron chi connectivity index (χ2n) is 5.81. The minimum Gasteiger partial charge on any atom is -0.218 e. The van der Waals surface area contributed by atoms with Gasteiger partial charge >= 0.3 is 0 Å². The second kappa shape index (κ2) is 5.30. The van der Waals surface area contributed by atoms with Crippen LogP contribution in [0.25, 0.3) is 0 Å². The standard InChI is InChI=1S/C18H22O2S/c1-11-7-9-13(3)17(15(11)5)21(19,20)18-14(4)10-8-12(2)16(18)6/h7-10H,1-6H3. The Labute approximate surface area is 127 Å². The van der Waals surface area contributed by atoms with Gasteiger partial charge in [-0.2, -0.15) is 0 Å². The molecule has 0 aliphatic rings. The maximum absolute atomic E-state index is 13.2. The third-order valence-corrected chi connectivity index (χ3v) is 6.62. The molecule has 2 nitrogen and oxygen atoms in total. The number of hydrogen-bond acceptors (Lipinski definition) is 2. The maximum Gasteiger partial charge on any atom is 0.207 e. The fraction of sp³-hybridized carbons (Fsp3) is 0.333. The molecule has 0 bridgehead atoms. The molecule has 0 aliphatic heterocycles. The van der Waals surface area contributed by atoms with Gasteiger partial charge in [0, 0.05) is 0 Å². The van der Waals surface area contributed by atoms with E-state index in [0.29, 0.717) is 9.79 Å². The van der Waals surface area contributed by atoms with E-state index >= 15 is 0 Å². The van der Waals surface area contributed by atoms with Crippen LogP contribution >= 0.6 is 0 Å². The molecular formula is C18H22O2S. The number of benzene rings is 2. The van der Waals surface area contributed by atoms with Gasteiger partial charge in [0.2, 0.25) is 9.84 Å². The Balaban J connectivity index is 2.88. The summed E-state index contributed by atoms with van der Waals surface area (Å²) >= 11 is 0. The van der Waals surface area contributed by atoms with Gasteiger partial charge in [0.15, 0.2) is 0 Å². The van der Waals surface area contributed by atoms with Crippen molar-refractivity contribution in [3.63, 3.8) is 0 Å². The van der Waals surface area contributed by atoms with Crippen molar-refractivity contribution in [2.45, 2.75) is 51.3 Å². The molecule has 0 atom stereocenters. The van der Waals surface area contributed by atoms with Crippen molar-refractivity contribution in [1.82, 2.24) is 0 Å². The monoisotopic (exact) mass is 302 g/mol. The Morgan fingerprint density at radius 1 is 0.571 bits per heavy atom. The largest absolute Gasteiger partial charge is 0.218 e. The van der Waals surface area contributed by atoms with Crippen LogP contribution in [0.3, 0.4) is 0 Å². The molecule has 2 rings (SSSR count). The van der Waals surface area contributed by atoms with Crippen molar-refractivity contribution in [2.75, 3.05) is 0 Å². The van der Waals surface area contributed by atoms with Crippen molar-refractivity contribution in [1.29, 1.82) is 0 Å². The van der Waals surface area contributed by atoms with Crippen molar-refractivity contribution >= 4 is 9.84 Å². The Morgan fingerprint density at radius 2 is 0.857 bits per heavy atom. The SMILES string of the molecule is Cc1ccc(C)c(S(=O)(=O)c2c(C)ccc(C)c2C)c1C. The number of hydrogen-bond donors (Lipinski definition) is 0. The van der Waals surface area contributed by atoms with Crippen LogP contribution in [0.2, 0.25) is 0 Å². The van der Waals surface area contributed by atoms with Gasteiger partial charge in [-0.25, -0.2) is 8.42 Å². The first-order valence-corrected chi connectivity index (χ1v) is 8.55. The Hall–Kier alpha value is -1.61. The van der Waals surface area contributed by atoms with Gasteiger partial charge in [-0.1, -0.05) is 24.3 Å². The fourth-order valence-corrected chi connectivity index (χ4v) is 5.10. The predicted octanol–water partition coefficient (Wildman–Crippen LogP) is 4.37. The lowest BCUT2D eigenvalue weighted by molar-refractivity contribution is 0.593. The summed E-state index contributed by atoms with van der Waals surface area (Å²) in [6.45, 7) is 11.4. The Morgan fingerprint density at radius 3 is 1.19 bits per heavy atom. The molecule has 0 aromatic heterocycles. The van der Waals surface area contributed by atoms with Crippen LogP contribution in [0.15, 0.2) is 34.1 Å². The number of sulfone groups is 1. The highest BCUT2D eigenvalue weighted by molar-refractivity contribution is 7.91. The average Bonchev–Trinajstić information content (AvgIpc) is 2.39. The van der Waals surface area contributed by atoms with E-state index in [4.69, 9.17) is 0 Å². The van der Waals surface area contributed by atoms with Crippen LogP contribution < -0.4 is 0 Å². The molecule has 0 saturated heterocycles. The zero-order chi connectivity index (χ0) is 15.9. The van der Waals surface area contributed by atoms with Crippen LogP contribution in [-0.2, 0) is 9.84 Å². The van der Waals surface area contributed by atoms with Gasteiger partial charge in [0.05, 0.1) is 9.79 Å². The predicted molar refractivity (Wildman–Crippen MR) is 86.8 cm³/mol. The molecule has 0 aliphatic carbocycles. The molecule has 0 fully saturated rings. The highest BCUT2D eigenvalue weighted by Gasteiger charge is 2.26. The van der Waals surface area contributed by atoms with Gasteiger partial charge in [0.1, 0.15) is 0 Å². The summed E-state index contributed by atoms with van der Waals surface area (Å²) < 4.78 is 26.4. The first kappa shape index (κ1) is 15.8. The topological polar surface area (TPSA) is 34.1 Å². The molecule has 0 N–H and O–H groups in total. The van der Waals surface area contributed by atoms with E-state index in [2.05, 4.69) is 0 Å². The third kappa shape index (κ3) is 2.51. The molecule has 2 aromatic carbocycles. The first-order chi connectivity index (χ1) is 9.67. The lowest BCUT2D eigenvalue weighted by atomic mass is 10.1. The first-order valence-electron chi connectivity index (χ1n) is 7.06. The molecule has 3 heteroatoms. The maximum atomic E-state index is 13.2. The quantitative estimate of drug-likeness (QED) is 0.825. The van der Waals surface area contributed by atoms with Gasteiger partial charge < -0.3 is 0 Å². The molecule has 21 heavy (non-hydrogen) atoms. The van der Waals surface area contributed by atoms with Crippen molar-refractivity contribution in [3.05, 3.63) is 57.6 Å². The van der Waals surface area contributed by atoms with Gasteiger partial charge in [0.25, 0.3) is 0 Å². The van der Waals surface area contributed by atoms with Gasteiger partial charge in [-0.3, -0.25) is 0 Å². The normalized spacial score (nSPS) is 11.7. The van der Waals surface area contributed by atoms with Crippen molar-refractivity contribution in [3.8, 4) is 0 Å². The highest BCUT2D eigenvalue weighted by atomic mass is 32.2. The van der Waals surface area contributed by atoms with Crippen LogP contribution in [0.1, 0.15) is 33.4 Å². The van der Waals surface area contributed by atoms with E-state index in [9.17, 15) is 8.42 Å². The van der Waals surface area contributed by atoms with Crippen molar-refractivity contribution in [2.24, 2.45) is 0 Å². The van der Waals surface area contributed by atoms with Gasteiger partial charge in [-0.05, 0) is 74.9 Å². The van der Waals surface area contributed by atoms with E-state index in [-0.39, 0.29) is 0 Å². The third-order valence-electron chi connectivity index (χ3n) is 4.28. The smallest absolute Gasteiger partial charge is 0.207 e. The fourth-order valence-electron chi connectivity index (χ4n) is 2.78. The van der Waals surface area contributed by atoms with Crippen LogP contribution in [0.5, 0.6) is 0 Å². The molecule has 0 unspecified atom stereocenters.